The zero-order valence-electron chi connectivity index (χ0n) is 35.7. The standard InChI is InChI=1S/C45H79O12P/c1-3-5-7-8-9-10-11-12-13-14-15-16-17-18-19-20-21-22-28-32-44(49)56-39(37-55-58(51,52)53)36-54-43(48)31-27-24-23-26-30-40-41(47)35-45(50)57-42(40)34-33-38(46)29-25-6-4-2/h9-10,12-13,23,26,33-34,38-42,45-47,50H,3-8,11,14-22,24-25,27-32,35-37H2,1-2H3,(H2,51,52,53)/b10-9-,13-12-,26-23-,34-33+/t38-,39+,40-,41-,42+,45?/m0/s1. The smallest absolute Gasteiger partial charge is 0.462 e. The highest BCUT2D eigenvalue weighted by Gasteiger charge is 2.35. The number of esters is 2. The van der Waals surface area contributed by atoms with Crippen LogP contribution >= 0.6 is 7.82 Å². The van der Waals surface area contributed by atoms with Gasteiger partial charge in [-0.05, 0) is 64.2 Å². The Bertz CT molecular complexity index is 1200. The van der Waals surface area contributed by atoms with Crippen molar-refractivity contribution in [3.63, 3.8) is 0 Å². The third-order valence-corrected chi connectivity index (χ3v) is 10.6. The van der Waals surface area contributed by atoms with Crippen molar-refractivity contribution in [2.24, 2.45) is 5.92 Å². The van der Waals surface area contributed by atoms with Crippen LogP contribution in [0.3, 0.4) is 0 Å². The van der Waals surface area contributed by atoms with Crippen molar-refractivity contribution in [3.05, 3.63) is 48.6 Å². The van der Waals surface area contributed by atoms with Gasteiger partial charge in [0.05, 0.1) is 24.9 Å². The molecule has 0 aromatic rings. The minimum Gasteiger partial charge on any atom is -0.462 e. The fourth-order valence-corrected chi connectivity index (χ4v) is 7.04. The van der Waals surface area contributed by atoms with Crippen molar-refractivity contribution in [3.8, 4) is 0 Å². The number of phosphoric acid groups is 1. The van der Waals surface area contributed by atoms with Gasteiger partial charge in [0.25, 0.3) is 0 Å². The quantitative estimate of drug-likeness (QED) is 0.0174. The van der Waals surface area contributed by atoms with Crippen LogP contribution in [0, 0.1) is 5.92 Å². The molecule has 5 N–H and O–H groups in total. The number of hydrogen-bond donors (Lipinski definition) is 5. The lowest BCUT2D eigenvalue weighted by Crippen LogP contribution is -2.43. The zero-order valence-corrected chi connectivity index (χ0v) is 36.6. The molecule has 0 amide bonds. The number of carbonyl (C=O) groups is 2. The van der Waals surface area contributed by atoms with E-state index in [1.807, 2.05) is 12.2 Å². The summed E-state index contributed by atoms with van der Waals surface area (Å²) in [7, 11) is -4.83. The number of rotatable bonds is 36. The van der Waals surface area contributed by atoms with Gasteiger partial charge < -0.3 is 39.3 Å². The van der Waals surface area contributed by atoms with Crippen molar-refractivity contribution in [2.75, 3.05) is 13.2 Å². The largest absolute Gasteiger partial charge is 0.469 e. The molecule has 0 aromatic heterocycles. The molecular formula is C45H79O12P. The lowest BCUT2D eigenvalue weighted by atomic mass is 9.87. The number of allylic oxidation sites excluding steroid dienone is 6. The minimum absolute atomic E-state index is 0.0711. The lowest BCUT2D eigenvalue weighted by Gasteiger charge is -2.36. The van der Waals surface area contributed by atoms with E-state index in [0.717, 1.165) is 51.4 Å². The van der Waals surface area contributed by atoms with E-state index in [2.05, 4.69) is 42.7 Å². The number of aliphatic hydroxyl groups is 3. The van der Waals surface area contributed by atoms with Crippen LogP contribution in [0.4, 0.5) is 0 Å². The summed E-state index contributed by atoms with van der Waals surface area (Å²) in [6, 6.07) is 0. The number of phosphoric ester groups is 1. The van der Waals surface area contributed by atoms with Gasteiger partial charge in [0.1, 0.15) is 6.61 Å². The fraction of sp³-hybridized carbons (Fsp3) is 0.778. The number of ether oxygens (including phenoxy) is 3. The molecule has 0 spiro atoms. The van der Waals surface area contributed by atoms with Crippen LogP contribution < -0.4 is 0 Å². The number of hydrogen-bond acceptors (Lipinski definition) is 10. The first-order chi connectivity index (χ1) is 27.9. The van der Waals surface area contributed by atoms with E-state index in [9.17, 15) is 29.5 Å². The van der Waals surface area contributed by atoms with Crippen molar-refractivity contribution < 1.29 is 58.0 Å². The van der Waals surface area contributed by atoms with Gasteiger partial charge in [0, 0.05) is 25.2 Å². The van der Waals surface area contributed by atoms with Gasteiger partial charge >= 0.3 is 19.8 Å². The van der Waals surface area contributed by atoms with Crippen LogP contribution in [0.2, 0.25) is 0 Å². The van der Waals surface area contributed by atoms with Crippen LogP contribution in [0.1, 0.15) is 174 Å². The fourth-order valence-electron chi connectivity index (χ4n) is 6.68. The highest BCUT2D eigenvalue weighted by Crippen LogP contribution is 2.36. The molecule has 12 nitrogen and oxygen atoms in total. The van der Waals surface area contributed by atoms with Crippen molar-refractivity contribution in [1.82, 2.24) is 0 Å². The van der Waals surface area contributed by atoms with E-state index in [1.54, 1.807) is 12.2 Å². The third-order valence-electron chi connectivity index (χ3n) is 10.1. The van der Waals surface area contributed by atoms with Gasteiger partial charge in [0.2, 0.25) is 0 Å². The van der Waals surface area contributed by atoms with E-state index in [4.69, 9.17) is 24.0 Å². The molecule has 0 radical (unpaired) electrons. The molecule has 1 aliphatic heterocycles. The second kappa shape index (κ2) is 35.6. The lowest BCUT2D eigenvalue weighted by molar-refractivity contribution is -0.199. The molecule has 336 valence electrons. The molecule has 1 heterocycles. The molecule has 1 fully saturated rings. The van der Waals surface area contributed by atoms with Gasteiger partial charge in [-0.15, -0.1) is 0 Å². The highest BCUT2D eigenvalue weighted by molar-refractivity contribution is 7.46. The maximum atomic E-state index is 12.5. The summed E-state index contributed by atoms with van der Waals surface area (Å²) in [4.78, 5) is 43.2. The monoisotopic (exact) mass is 843 g/mol. The van der Waals surface area contributed by atoms with Crippen molar-refractivity contribution >= 4 is 19.8 Å². The average Bonchev–Trinajstić information content (AvgIpc) is 3.17. The molecule has 6 atom stereocenters. The Morgan fingerprint density at radius 1 is 0.724 bits per heavy atom. The summed E-state index contributed by atoms with van der Waals surface area (Å²) in [6.07, 6.45) is 34.5. The van der Waals surface area contributed by atoms with Gasteiger partial charge in [-0.3, -0.25) is 14.1 Å². The van der Waals surface area contributed by atoms with E-state index in [-0.39, 0.29) is 31.8 Å². The van der Waals surface area contributed by atoms with E-state index < -0.39 is 57.1 Å². The van der Waals surface area contributed by atoms with Crippen LogP contribution in [0.15, 0.2) is 48.6 Å². The molecule has 1 unspecified atom stereocenters. The summed E-state index contributed by atoms with van der Waals surface area (Å²) in [6.45, 7) is 3.33. The normalized spacial score (nSPS) is 20.1. The average molecular weight is 843 g/mol. The Hall–Kier alpha value is -2.15. The topological polar surface area (TPSA) is 189 Å². The molecule has 0 saturated carbocycles. The molecule has 1 rings (SSSR count). The van der Waals surface area contributed by atoms with Gasteiger partial charge in [-0.25, -0.2) is 4.57 Å². The van der Waals surface area contributed by atoms with E-state index >= 15 is 0 Å². The number of aliphatic hydroxyl groups excluding tert-OH is 3. The van der Waals surface area contributed by atoms with Crippen LogP contribution in [-0.4, -0.2) is 81.0 Å². The highest BCUT2D eigenvalue weighted by atomic mass is 31.2. The SMILES string of the molecule is CCCCC/C=C\C/C=C\CCCCCCCCCCCC(=O)O[C@H](COC(=O)CCC/C=C\C[C@H]1[C@@H](O)CC(O)O[C@@H]1/C=C/[C@@H](O)CCCCC)COP(=O)(O)O. The molecule has 0 bridgehead atoms. The van der Waals surface area contributed by atoms with Crippen LogP contribution in [0.5, 0.6) is 0 Å². The van der Waals surface area contributed by atoms with Gasteiger partial charge in [0.15, 0.2) is 12.4 Å². The first-order valence-electron chi connectivity index (χ1n) is 22.3. The molecule has 0 aromatic carbocycles. The Balaban J connectivity index is 2.28. The maximum Gasteiger partial charge on any atom is 0.469 e. The Kier molecular flexibility index (Phi) is 33.1. The predicted molar refractivity (Wildman–Crippen MR) is 229 cm³/mol. The second-order valence-electron chi connectivity index (χ2n) is 15.5. The molecule has 0 aliphatic carbocycles. The summed E-state index contributed by atoms with van der Waals surface area (Å²) < 4.78 is 32.1. The van der Waals surface area contributed by atoms with Crippen molar-refractivity contribution in [1.29, 1.82) is 0 Å². The Morgan fingerprint density at radius 2 is 1.29 bits per heavy atom. The van der Waals surface area contributed by atoms with Crippen molar-refractivity contribution in [2.45, 2.75) is 205 Å². The number of carbonyl (C=O) groups excluding carboxylic acids is 2. The molecule has 1 aliphatic rings. The predicted octanol–water partition coefficient (Wildman–Crippen LogP) is 9.62. The molecular weight excluding hydrogens is 763 g/mol. The first-order valence-corrected chi connectivity index (χ1v) is 23.9. The number of unbranched alkanes of at least 4 members (excludes halogenated alkanes) is 15. The summed E-state index contributed by atoms with van der Waals surface area (Å²) in [5.41, 5.74) is 0. The summed E-state index contributed by atoms with van der Waals surface area (Å²) in [5, 5.41) is 30.8. The zero-order chi connectivity index (χ0) is 42.7. The second-order valence-corrected chi connectivity index (χ2v) is 16.8. The van der Waals surface area contributed by atoms with E-state index in [1.165, 1.54) is 57.8 Å². The van der Waals surface area contributed by atoms with E-state index in [0.29, 0.717) is 32.1 Å². The molecule has 13 heteroatoms. The Morgan fingerprint density at radius 3 is 1.95 bits per heavy atom. The molecule has 58 heavy (non-hydrogen) atoms. The van der Waals surface area contributed by atoms with Gasteiger partial charge in [-0.2, -0.15) is 0 Å². The minimum atomic E-state index is -4.83. The summed E-state index contributed by atoms with van der Waals surface area (Å²) >= 11 is 0. The van der Waals surface area contributed by atoms with Crippen LogP contribution in [-0.2, 0) is 32.9 Å². The van der Waals surface area contributed by atoms with Gasteiger partial charge in [-0.1, -0.05) is 140 Å². The van der Waals surface area contributed by atoms with Crippen LogP contribution in [0.25, 0.3) is 0 Å². The summed E-state index contributed by atoms with van der Waals surface area (Å²) in [5.74, 6) is -1.40. The Labute approximate surface area is 349 Å². The first kappa shape index (κ1) is 53.9. The maximum absolute atomic E-state index is 12.5. The molecule has 1 saturated heterocycles. The third kappa shape index (κ3) is 31.7.